The molecule has 0 saturated carbocycles. The van der Waals surface area contributed by atoms with Crippen LogP contribution in [0.1, 0.15) is 22.8 Å². The molecule has 0 amide bonds. The van der Waals surface area contributed by atoms with Crippen LogP contribution < -0.4 is 4.74 Å². The Morgan fingerprint density at radius 3 is 2.30 bits per heavy atom. The predicted octanol–water partition coefficient (Wildman–Crippen LogP) is 4.02. The van der Waals surface area contributed by atoms with Gasteiger partial charge in [-0.3, -0.25) is 0 Å². The first-order valence-corrected chi connectivity index (χ1v) is 6.29. The summed E-state index contributed by atoms with van der Waals surface area (Å²) in [5.41, 5.74) is 0.633. The Balaban J connectivity index is 2.53. The average Bonchev–Trinajstić information content (AvgIpc) is 2.40. The van der Waals surface area contributed by atoms with Gasteiger partial charge in [0, 0.05) is 17.2 Å². The predicted molar refractivity (Wildman–Crippen MR) is 73.2 cm³/mol. The summed E-state index contributed by atoms with van der Waals surface area (Å²) < 4.78 is 32.7. The molecule has 2 aromatic carbocycles. The minimum absolute atomic E-state index is 0.0544. The van der Waals surface area contributed by atoms with Gasteiger partial charge in [0.1, 0.15) is 23.5 Å². The van der Waals surface area contributed by atoms with E-state index in [9.17, 15) is 13.9 Å². The standard InChI is InChI=1S/C15H13ClF2O2/c1-8-3-4-9(16)5-11(8)15(19)14-12(17)6-10(20-2)7-13(14)18/h3-7,15,19H,1-2H3. The summed E-state index contributed by atoms with van der Waals surface area (Å²) in [6.07, 6.45) is -1.43. The molecule has 0 aliphatic heterocycles. The van der Waals surface area contributed by atoms with Crippen LogP contribution in [0, 0.1) is 18.6 Å². The van der Waals surface area contributed by atoms with Crippen LogP contribution in [-0.2, 0) is 0 Å². The van der Waals surface area contributed by atoms with Gasteiger partial charge in [-0.05, 0) is 30.2 Å². The van der Waals surface area contributed by atoms with Crippen LogP contribution in [0.5, 0.6) is 5.75 Å². The normalized spacial score (nSPS) is 12.3. The minimum atomic E-state index is -1.43. The second kappa shape index (κ2) is 5.77. The molecule has 0 aliphatic carbocycles. The van der Waals surface area contributed by atoms with E-state index in [0.717, 1.165) is 12.1 Å². The molecule has 1 unspecified atom stereocenters. The lowest BCUT2D eigenvalue weighted by atomic mass is 9.96. The van der Waals surface area contributed by atoms with Crippen molar-refractivity contribution in [3.05, 3.63) is 63.7 Å². The third kappa shape index (κ3) is 2.76. The molecule has 0 heterocycles. The third-order valence-corrected chi connectivity index (χ3v) is 3.33. The van der Waals surface area contributed by atoms with E-state index in [1.807, 2.05) is 0 Å². The van der Waals surface area contributed by atoms with Crippen molar-refractivity contribution in [2.75, 3.05) is 7.11 Å². The highest BCUT2D eigenvalue weighted by atomic mass is 35.5. The third-order valence-electron chi connectivity index (χ3n) is 3.10. The van der Waals surface area contributed by atoms with Gasteiger partial charge in [0.25, 0.3) is 0 Å². The van der Waals surface area contributed by atoms with Crippen molar-refractivity contribution in [3.63, 3.8) is 0 Å². The first-order chi connectivity index (χ1) is 9.43. The fourth-order valence-corrected chi connectivity index (χ4v) is 2.18. The summed E-state index contributed by atoms with van der Waals surface area (Å²) in [6, 6.07) is 6.88. The number of methoxy groups -OCH3 is 1. The van der Waals surface area contributed by atoms with E-state index in [1.54, 1.807) is 19.1 Å². The zero-order valence-corrected chi connectivity index (χ0v) is 11.7. The first kappa shape index (κ1) is 14.8. The van der Waals surface area contributed by atoms with Crippen molar-refractivity contribution < 1.29 is 18.6 Å². The monoisotopic (exact) mass is 298 g/mol. The van der Waals surface area contributed by atoms with Gasteiger partial charge < -0.3 is 9.84 Å². The van der Waals surface area contributed by atoms with Crippen LogP contribution in [0.25, 0.3) is 0 Å². The molecule has 1 atom stereocenters. The SMILES string of the molecule is COc1cc(F)c(C(O)c2cc(Cl)ccc2C)c(F)c1. The van der Waals surface area contributed by atoms with Gasteiger partial charge in [-0.15, -0.1) is 0 Å². The van der Waals surface area contributed by atoms with Crippen molar-refractivity contribution in [2.45, 2.75) is 13.0 Å². The zero-order chi connectivity index (χ0) is 14.9. The quantitative estimate of drug-likeness (QED) is 0.927. The maximum Gasteiger partial charge on any atom is 0.135 e. The Hall–Kier alpha value is -1.65. The van der Waals surface area contributed by atoms with Crippen molar-refractivity contribution in [3.8, 4) is 5.75 Å². The average molecular weight is 299 g/mol. The Morgan fingerprint density at radius 1 is 1.15 bits per heavy atom. The van der Waals surface area contributed by atoms with E-state index in [1.165, 1.54) is 13.2 Å². The van der Waals surface area contributed by atoms with E-state index in [2.05, 4.69) is 0 Å². The number of hydrogen-bond donors (Lipinski definition) is 1. The summed E-state index contributed by atoms with van der Waals surface area (Å²) in [5.74, 6) is -1.68. The molecule has 0 bridgehead atoms. The highest BCUT2D eigenvalue weighted by Gasteiger charge is 2.22. The molecule has 2 nitrogen and oxygen atoms in total. The second-order valence-electron chi connectivity index (χ2n) is 4.41. The Bertz CT molecular complexity index is 621. The lowest BCUT2D eigenvalue weighted by Crippen LogP contribution is -2.08. The lowest BCUT2D eigenvalue weighted by Gasteiger charge is -2.16. The summed E-state index contributed by atoms with van der Waals surface area (Å²) in [7, 11) is 1.31. The molecular formula is C15H13ClF2O2. The van der Waals surface area contributed by atoms with E-state index in [4.69, 9.17) is 16.3 Å². The van der Waals surface area contributed by atoms with Gasteiger partial charge in [0.15, 0.2) is 0 Å². The minimum Gasteiger partial charge on any atom is -0.497 e. The van der Waals surface area contributed by atoms with Crippen LogP contribution in [0.3, 0.4) is 0 Å². The molecule has 0 fully saturated rings. The van der Waals surface area contributed by atoms with Crippen molar-refractivity contribution in [1.29, 1.82) is 0 Å². The molecule has 2 aromatic rings. The number of benzene rings is 2. The van der Waals surface area contributed by atoms with E-state index < -0.39 is 23.3 Å². The Kier molecular flexibility index (Phi) is 4.26. The molecule has 0 aliphatic rings. The Labute approximate surface area is 120 Å². The highest BCUT2D eigenvalue weighted by Crippen LogP contribution is 2.32. The summed E-state index contributed by atoms with van der Waals surface area (Å²) in [4.78, 5) is 0. The number of hydrogen-bond acceptors (Lipinski definition) is 2. The second-order valence-corrected chi connectivity index (χ2v) is 4.84. The van der Waals surface area contributed by atoms with E-state index in [-0.39, 0.29) is 5.75 Å². The van der Waals surface area contributed by atoms with Crippen molar-refractivity contribution in [1.82, 2.24) is 0 Å². The van der Waals surface area contributed by atoms with Gasteiger partial charge in [0.05, 0.1) is 12.7 Å². The van der Waals surface area contributed by atoms with Gasteiger partial charge in [0.2, 0.25) is 0 Å². The maximum atomic E-state index is 14.0. The zero-order valence-electron chi connectivity index (χ0n) is 11.0. The highest BCUT2D eigenvalue weighted by molar-refractivity contribution is 6.30. The van der Waals surface area contributed by atoms with Crippen LogP contribution in [0.15, 0.2) is 30.3 Å². The largest absolute Gasteiger partial charge is 0.497 e. The first-order valence-electron chi connectivity index (χ1n) is 5.91. The van der Waals surface area contributed by atoms with Crippen LogP contribution in [-0.4, -0.2) is 12.2 Å². The number of aliphatic hydroxyl groups is 1. The molecule has 0 radical (unpaired) electrons. The molecule has 5 heteroatoms. The van der Waals surface area contributed by atoms with Crippen LogP contribution in [0.2, 0.25) is 5.02 Å². The number of rotatable bonds is 3. The Morgan fingerprint density at radius 2 is 1.75 bits per heavy atom. The van der Waals surface area contributed by atoms with Crippen molar-refractivity contribution in [2.24, 2.45) is 0 Å². The fourth-order valence-electron chi connectivity index (χ4n) is 2.00. The molecule has 0 spiro atoms. The fraction of sp³-hybridized carbons (Fsp3) is 0.200. The number of aryl methyl sites for hydroxylation is 1. The molecule has 2 rings (SSSR count). The molecule has 0 saturated heterocycles. The summed E-state index contributed by atoms with van der Waals surface area (Å²) in [5, 5.41) is 10.6. The molecule has 0 aromatic heterocycles. The number of halogens is 3. The van der Waals surface area contributed by atoms with Crippen molar-refractivity contribution >= 4 is 11.6 Å². The van der Waals surface area contributed by atoms with Gasteiger partial charge in [-0.2, -0.15) is 0 Å². The van der Waals surface area contributed by atoms with E-state index >= 15 is 0 Å². The van der Waals surface area contributed by atoms with Gasteiger partial charge in [-0.25, -0.2) is 8.78 Å². The van der Waals surface area contributed by atoms with E-state index in [0.29, 0.717) is 16.1 Å². The summed E-state index contributed by atoms with van der Waals surface area (Å²) >= 11 is 5.86. The molecule has 1 N–H and O–H groups in total. The number of ether oxygens (including phenoxy) is 1. The lowest BCUT2D eigenvalue weighted by molar-refractivity contribution is 0.208. The molecular weight excluding hydrogens is 286 g/mol. The molecule has 106 valence electrons. The summed E-state index contributed by atoms with van der Waals surface area (Å²) in [6.45, 7) is 1.73. The number of aliphatic hydroxyl groups excluding tert-OH is 1. The van der Waals surface area contributed by atoms with Gasteiger partial charge >= 0.3 is 0 Å². The maximum absolute atomic E-state index is 14.0. The molecule has 20 heavy (non-hydrogen) atoms. The van der Waals surface area contributed by atoms with Gasteiger partial charge in [-0.1, -0.05) is 17.7 Å². The topological polar surface area (TPSA) is 29.5 Å². The smallest absolute Gasteiger partial charge is 0.135 e. The van der Waals surface area contributed by atoms with Crippen LogP contribution >= 0.6 is 11.6 Å². The van der Waals surface area contributed by atoms with Crippen LogP contribution in [0.4, 0.5) is 8.78 Å².